The van der Waals surface area contributed by atoms with Crippen molar-refractivity contribution in [3.05, 3.63) is 0 Å². The van der Waals surface area contributed by atoms with Gasteiger partial charge >= 0.3 is 5.97 Å². The third-order valence-electron chi connectivity index (χ3n) is 3.61. The van der Waals surface area contributed by atoms with Crippen LogP contribution in [0.25, 0.3) is 0 Å². The number of hydrogen-bond acceptors (Lipinski definition) is 4. The minimum Gasteiger partial charge on any atom is -0.469 e. The van der Waals surface area contributed by atoms with Crippen molar-refractivity contribution < 1.29 is 9.53 Å². The van der Waals surface area contributed by atoms with Gasteiger partial charge in [0.1, 0.15) is 0 Å². The van der Waals surface area contributed by atoms with Crippen molar-refractivity contribution in [1.29, 1.82) is 0 Å². The fourth-order valence-corrected chi connectivity index (χ4v) is 2.61. The third-order valence-corrected chi connectivity index (χ3v) is 3.61. The Morgan fingerprint density at radius 1 is 1.50 bits per heavy atom. The van der Waals surface area contributed by atoms with E-state index in [9.17, 15) is 4.79 Å². The van der Waals surface area contributed by atoms with Crippen LogP contribution in [0.4, 0.5) is 0 Å². The van der Waals surface area contributed by atoms with Crippen LogP contribution in [-0.2, 0) is 9.53 Å². The lowest BCUT2D eigenvalue weighted by Crippen LogP contribution is -2.38. The highest BCUT2D eigenvalue weighted by Gasteiger charge is 2.28. The van der Waals surface area contributed by atoms with E-state index in [0.29, 0.717) is 18.4 Å². The molecule has 2 N–H and O–H groups in total. The van der Waals surface area contributed by atoms with Crippen LogP contribution in [-0.4, -0.2) is 44.2 Å². The van der Waals surface area contributed by atoms with E-state index in [1.54, 1.807) is 0 Å². The lowest BCUT2D eigenvalue weighted by Gasteiger charge is -2.28. The molecule has 1 aliphatic carbocycles. The van der Waals surface area contributed by atoms with Crippen molar-refractivity contribution in [2.75, 3.05) is 27.2 Å². The topological polar surface area (TPSA) is 55.6 Å². The number of nitrogens with zero attached hydrogens (tertiary/aromatic N) is 1. The van der Waals surface area contributed by atoms with Crippen LogP contribution in [0.3, 0.4) is 0 Å². The van der Waals surface area contributed by atoms with Crippen molar-refractivity contribution in [2.24, 2.45) is 11.7 Å². The van der Waals surface area contributed by atoms with Crippen LogP contribution in [0.5, 0.6) is 0 Å². The highest BCUT2D eigenvalue weighted by Crippen LogP contribution is 2.28. The predicted molar refractivity (Wildman–Crippen MR) is 64.1 cm³/mol. The average molecular weight is 228 g/mol. The molecular weight excluding hydrogens is 204 g/mol. The summed E-state index contributed by atoms with van der Waals surface area (Å²) in [5, 5.41) is 0. The van der Waals surface area contributed by atoms with E-state index in [1.807, 2.05) is 0 Å². The molecule has 2 unspecified atom stereocenters. The van der Waals surface area contributed by atoms with E-state index in [0.717, 1.165) is 19.5 Å². The number of methoxy groups -OCH3 is 1. The molecule has 0 aromatic heterocycles. The van der Waals surface area contributed by atoms with Crippen molar-refractivity contribution >= 4 is 5.97 Å². The molecule has 4 nitrogen and oxygen atoms in total. The zero-order valence-electron chi connectivity index (χ0n) is 10.4. The van der Waals surface area contributed by atoms with Crippen LogP contribution < -0.4 is 5.73 Å². The minimum absolute atomic E-state index is 0.116. The Morgan fingerprint density at radius 3 is 2.88 bits per heavy atom. The van der Waals surface area contributed by atoms with Crippen molar-refractivity contribution in [2.45, 2.75) is 38.1 Å². The number of hydrogen-bond donors (Lipinski definition) is 1. The fourth-order valence-electron chi connectivity index (χ4n) is 2.61. The number of esters is 1. The van der Waals surface area contributed by atoms with E-state index in [4.69, 9.17) is 5.73 Å². The van der Waals surface area contributed by atoms with E-state index in [2.05, 4.69) is 16.7 Å². The highest BCUT2D eigenvalue weighted by atomic mass is 16.5. The molecule has 0 amide bonds. The second-order valence-corrected chi connectivity index (χ2v) is 4.65. The SMILES string of the molecule is COC(=O)CCCN(C)C1CCCC1CN. The summed E-state index contributed by atoms with van der Waals surface area (Å²) in [7, 11) is 3.57. The first-order valence-corrected chi connectivity index (χ1v) is 6.16. The van der Waals surface area contributed by atoms with Crippen LogP contribution in [0.1, 0.15) is 32.1 Å². The molecule has 0 bridgehead atoms. The summed E-state index contributed by atoms with van der Waals surface area (Å²) in [5.74, 6) is 0.526. The van der Waals surface area contributed by atoms with Crippen LogP contribution in [0.2, 0.25) is 0 Å². The number of carbonyl (C=O) groups excluding carboxylic acids is 1. The molecule has 1 fully saturated rings. The molecule has 0 aromatic carbocycles. The van der Waals surface area contributed by atoms with Crippen LogP contribution >= 0.6 is 0 Å². The molecule has 16 heavy (non-hydrogen) atoms. The molecular formula is C12H24N2O2. The molecule has 0 spiro atoms. The Labute approximate surface area is 98.1 Å². The summed E-state index contributed by atoms with van der Waals surface area (Å²) < 4.78 is 4.62. The predicted octanol–water partition coefficient (Wildman–Crippen LogP) is 0.999. The summed E-state index contributed by atoms with van der Waals surface area (Å²) in [5.41, 5.74) is 5.76. The lowest BCUT2D eigenvalue weighted by atomic mass is 10.0. The van der Waals surface area contributed by atoms with E-state index in [-0.39, 0.29) is 5.97 Å². The van der Waals surface area contributed by atoms with Gasteiger partial charge in [0.15, 0.2) is 0 Å². The molecule has 2 atom stereocenters. The molecule has 1 rings (SSSR count). The van der Waals surface area contributed by atoms with Crippen molar-refractivity contribution in [3.8, 4) is 0 Å². The summed E-state index contributed by atoms with van der Waals surface area (Å²) in [6, 6.07) is 0.614. The van der Waals surface area contributed by atoms with Crippen molar-refractivity contribution in [3.63, 3.8) is 0 Å². The first-order valence-electron chi connectivity index (χ1n) is 6.16. The molecule has 0 heterocycles. The maximum Gasteiger partial charge on any atom is 0.305 e. The van der Waals surface area contributed by atoms with Crippen LogP contribution in [0, 0.1) is 5.92 Å². The number of ether oxygens (including phenoxy) is 1. The van der Waals surface area contributed by atoms with Crippen LogP contribution in [0.15, 0.2) is 0 Å². The standard InChI is InChI=1S/C12H24N2O2/c1-14(8-4-7-12(15)16-2)11-6-3-5-10(11)9-13/h10-11H,3-9,13H2,1-2H3. The first kappa shape index (κ1) is 13.5. The summed E-state index contributed by atoms with van der Waals surface area (Å²) in [4.78, 5) is 13.3. The molecule has 0 aromatic rings. The number of carbonyl (C=O) groups is 1. The molecule has 4 heteroatoms. The number of rotatable bonds is 6. The van der Waals surface area contributed by atoms with Gasteiger partial charge in [-0.15, -0.1) is 0 Å². The largest absolute Gasteiger partial charge is 0.469 e. The monoisotopic (exact) mass is 228 g/mol. The van der Waals surface area contributed by atoms with Gasteiger partial charge in [-0.05, 0) is 45.3 Å². The molecule has 0 saturated heterocycles. The van der Waals surface area contributed by atoms with Gasteiger partial charge in [-0.2, -0.15) is 0 Å². The van der Waals surface area contributed by atoms with E-state index < -0.39 is 0 Å². The zero-order chi connectivity index (χ0) is 12.0. The average Bonchev–Trinajstić information content (AvgIpc) is 2.76. The Bertz CT molecular complexity index is 221. The fraction of sp³-hybridized carbons (Fsp3) is 0.917. The summed E-state index contributed by atoms with van der Waals surface area (Å²) >= 11 is 0. The maximum absolute atomic E-state index is 11.0. The van der Waals surface area contributed by atoms with Gasteiger partial charge in [-0.1, -0.05) is 6.42 Å². The Balaban J connectivity index is 2.23. The molecule has 94 valence electrons. The Morgan fingerprint density at radius 2 is 2.25 bits per heavy atom. The maximum atomic E-state index is 11.0. The molecule has 0 radical (unpaired) electrons. The third kappa shape index (κ3) is 3.76. The Hall–Kier alpha value is -0.610. The second-order valence-electron chi connectivity index (χ2n) is 4.65. The van der Waals surface area contributed by atoms with Gasteiger partial charge in [-0.25, -0.2) is 0 Å². The smallest absolute Gasteiger partial charge is 0.305 e. The van der Waals surface area contributed by atoms with Gasteiger partial charge in [0.05, 0.1) is 7.11 Å². The first-order chi connectivity index (χ1) is 7.69. The van der Waals surface area contributed by atoms with E-state index >= 15 is 0 Å². The highest BCUT2D eigenvalue weighted by molar-refractivity contribution is 5.69. The summed E-state index contributed by atoms with van der Waals surface area (Å²) in [6.07, 6.45) is 5.17. The zero-order valence-corrected chi connectivity index (χ0v) is 10.4. The van der Waals surface area contributed by atoms with E-state index in [1.165, 1.54) is 26.4 Å². The molecule has 1 aliphatic rings. The normalized spacial score (nSPS) is 25.0. The van der Waals surface area contributed by atoms with Gasteiger partial charge < -0.3 is 15.4 Å². The van der Waals surface area contributed by atoms with Gasteiger partial charge in [0, 0.05) is 12.5 Å². The van der Waals surface area contributed by atoms with Gasteiger partial charge in [0.25, 0.3) is 0 Å². The van der Waals surface area contributed by atoms with Gasteiger partial charge in [0.2, 0.25) is 0 Å². The lowest BCUT2D eigenvalue weighted by molar-refractivity contribution is -0.140. The summed E-state index contributed by atoms with van der Waals surface area (Å²) in [6.45, 7) is 1.74. The molecule has 1 saturated carbocycles. The Kier molecular flexibility index (Phi) is 5.77. The molecule has 0 aliphatic heterocycles. The second kappa shape index (κ2) is 6.86. The number of nitrogens with two attached hydrogens (primary N) is 1. The minimum atomic E-state index is -0.116. The van der Waals surface area contributed by atoms with Gasteiger partial charge in [-0.3, -0.25) is 4.79 Å². The van der Waals surface area contributed by atoms with Crippen molar-refractivity contribution in [1.82, 2.24) is 4.90 Å². The quantitative estimate of drug-likeness (QED) is 0.689.